The number of piperazine rings is 1. The van der Waals surface area contributed by atoms with Crippen molar-refractivity contribution in [3.05, 3.63) is 65.7 Å². The van der Waals surface area contributed by atoms with Gasteiger partial charge in [-0.05, 0) is 56.0 Å². The van der Waals surface area contributed by atoms with E-state index in [9.17, 15) is 4.79 Å². The summed E-state index contributed by atoms with van der Waals surface area (Å²) in [5, 5.41) is 3.07. The predicted molar refractivity (Wildman–Crippen MR) is 117 cm³/mol. The summed E-state index contributed by atoms with van der Waals surface area (Å²) in [5.41, 5.74) is 3.96. The van der Waals surface area contributed by atoms with Crippen LogP contribution in [0.25, 0.3) is 0 Å². The van der Waals surface area contributed by atoms with Crippen LogP contribution in [0.4, 0.5) is 5.69 Å². The van der Waals surface area contributed by atoms with Crippen molar-refractivity contribution in [1.29, 1.82) is 0 Å². The Kier molecular flexibility index (Phi) is 7.92. The molecule has 0 spiro atoms. The lowest BCUT2D eigenvalue weighted by Gasteiger charge is -2.36. The summed E-state index contributed by atoms with van der Waals surface area (Å²) in [5.74, 6) is 0.181. The predicted octanol–water partition coefficient (Wildman–Crippen LogP) is 3.65. The topological polar surface area (TPSA) is 35.6 Å². The number of anilines is 1. The van der Waals surface area contributed by atoms with Crippen LogP contribution in [0.3, 0.4) is 0 Å². The molecule has 0 aliphatic carbocycles. The van der Waals surface area contributed by atoms with E-state index in [1.165, 1.54) is 16.8 Å². The molecular weight excluding hydrogens is 346 g/mol. The van der Waals surface area contributed by atoms with Crippen molar-refractivity contribution in [2.75, 3.05) is 44.2 Å². The van der Waals surface area contributed by atoms with E-state index in [1.54, 1.807) is 0 Å². The van der Waals surface area contributed by atoms with E-state index in [4.69, 9.17) is 0 Å². The maximum absolute atomic E-state index is 12.0. The second kappa shape index (κ2) is 10.9. The van der Waals surface area contributed by atoms with Crippen LogP contribution in [0.5, 0.6) is 0 Å². The average molecular weight is 380 g/mol. The molecular formula is C24H33N3O. The van der Waals surface area contributed by atoms with Crippen LogP contribution in [0.1, 0.15) is 30.4 Å². The van der Waals surface area contributed by atoms with Gasteiger partial charge < -0.3 is 10.2 Å². The first-order valence-electron chi connectivity index (χ1n) is 10.6. The number of nitrogens with zero attached hydrogens (tertiary/aromatic N) is 2. The third-order valence-corrected chi connectivity index (χ3v) is 5.42. The number of benzene rings is 2. The van der Waals surface area contributed by atoms with Gasteiger partial charge in [0, 0.05) is 44.8 Å². The Morgan fingerprint density at radius 2 is 1.75 bits per heavy atom. The number of rotatable bonds is 9. The SMILES string of the molecule is Cc1cccc(N2CCN(CCCNC(=O)CCCc3ccccc3)CC2)c1. The molecule has 1 amide bonds. The average Bonchev–Trinajstić information content (AvgIpc) is 2.72. The van der Waals surface area contributed by atoms with Crippen molar-refractivity contribution in [3.63, 3.8) is 0 Å². The summed E-state index contributed by atoms with van der Waals surface area (Å²) in [6.45, 7) is 8.34. The summed E-state index contributed by atoms with van der Waals surface area (Å²) in [4.78, 5) is 17.0. The highest BCUT2D eigenvalue weighted by Gasteiger charge is 2.16. The van der Waals surface area contributed by atoms with Gasteiger partial charge in [0.15, 0.2) is 0 Å². The third kappa shape index (κ3) is 6.68. The molecule has 0 unspecified atom stereocenters. The highest BCUT2D eigenvalue weighted by molar-refractivity contribution is 5.75. The van der Waals surface area contributed by atoms with Gasteiger partial charge in [0.25, 0.3) is 0 Å². The van der Waals surface area contributed by atoms with E-state index in [-0.39, 0.29) is 5.91 Å². The fourth-order valence-corrected chi connectivity index (χ4v) is 3.77. The van der Waals surface area contributed by atoms with Crippen molar-refractivity contribution in [3.8, 4) is 0 Å². The Balaban J connectivity index is 1.24. The lowest BCUT2D eigenvalue weighted by Crippen LogP contribution is -2.47. The van der Waals surface area contributed by atoms with Crippen LogP contribution in [-0.4, -0.2) is 50.1 Å². The molecule has 4 nitrogen and oxygen atoms in total. The summed E-state index contributed by atoms with van der Waals surface area (Å²) < 4.78 is 0. The Labute approximate surface area is 169 Å². The molecule has 1 heterocycles. The van der Waals surface area contributed by atoms with Gasteiger partial charge in [-0.15, -0.1) is 0 Å². The molecule has 1 saturated heterocycles. The highest BCUT2D eigenvalue weighted by Crippen LogP contribution is 2.17. The number of hydrogen-bond acceptors (Lipinski definition) is 3. The number of amides is 1. The molecule has 1 aliphatic heterocycles. The van der Waals surface area contributed by atoms with Crippen LogP contribution in [0.2, 0.25) is 0 Å². The molecule has 0 atom stereocenters. The van der Waals surface area contributed by atoms with E-state index in [2.05, 4.69) is 70.6 Å². The summed E-state index contributed by atoms with van der Waals surface area (Å²) in [6, 6.07) is 19.1. The van der Waals surface area contributed by atoms with E-state index < -0.39 is 0 Å². The highest BCUT2D eigenvalue weighted by atomic mass is 16.1. The van der Waals surface area contributed by atoms with Gasteiger partial charge in [0.2, 0.25) is 5.91 Å². The number of nitrogens with one attached hydrogen (secondary N) is 1. The molecule has 28 heavy (non-hydrogen) atoms. The van der Waals surface area contributed by atoms with Crippen LogP contribution < -0.4 is 10.2 Å². The molecule has 3 rings (SSSR count). The van der Waals surface area contributed by atoms with Gasteiger partial charge >= 0.3 is 0 Å². The Morgan fingerprint density at radius 1 is 0.964 bits per heavy atom. The first-order chi connectivity index (χ1) is 13.7. The number of aryl methyl sites for hydroxylation is 2. The van der Waals surface area contributed by atoms with Crippen molar-refractivity contribution in [1.82, 2.24) is 10.2 Å². The molecule has 2 aromatic rings. The zero-order valence-corrected chi connectivity index (χ0v) is 17.1. The second-order valence-corrected chi connectivity index (χ2v) is 7.71. The summed E-state index contributed by atoms with van der Waals surface area (Å²) in [6.07, 6.45) is 3.52. The van der Waals surface area contributed by atoms with Gasteiger partial charge in [0.05, 0.1) is 0 Å². The maximum Gasteiger partial charge on any atom is 0.220 e. The first-order valence-corrected chi connectivity index (χ1v) is 10.6. The zero-order chi connectivity index (χ0) is 19.6. The monoisotopic (exact) mass is 379 g/mol. The molecule has 0 aromatic heterocycles. The maximum atomic E-state index is 12.0. The molecule has 1 fully saturated rings. The van der Waals surface area contributed by atoms with Gasteiger partial charge in [-0.25, -0.2) is 0 Å². The van der Waals surface area contributed by atoms with Crippen molar-refractivity contribution < 1.29 is 4.79 Å². The fourth-order valence-electron chi connectivity index (χ4n) is 3.77. The minimum Gasteiger partial charge on any atom is -0.369 e. The first kappa shape index (κ1) is 20.4. The lowest BCUT2D eigenvalue weighted by molar-refractivity contribution is -0.121. The quantitative estimate of drug-likeness (QED) is 0.676. The molecule has 150 valence electrons. The van der Waals surface area contributed by atoms with Gasteiger partial charge in [0.1, 0.15) is 0 Å². The van der Waals surface area contributed by atoms with Crippen LogP contribution in [0.15, 0.2) is 54.6 Å². The summed E-state index contributed by atoms with van der Waals surface area (Å²) in [7, 11) is 0. The van der Waals surface area contributed by atoms with E-state index in [0.29, 0.717) is 6.42 Å². The Hall–Kier alpha value is -2.33. The molecule has 0 radical (unpaired) electrons. The smallest absolute Gasteiger partial charge is 0.220 e. The zero-order valence-electron chi connectivity index (χ0n) is 17.1. The fraction of sp³-hybridized carbons (Fsp3) is 0.458. The molecule has 4 heteroatoms. The summed E-state index contributed by atoms with van der Waals surface area (Å²) >= 11 is 0. The Bertz CT molecular complexity index is 724. The van der Waals surface area contributed by atoms with E-state index in [0.717, 1.165) is 58.5 Å². The molecule has 2 aromatic carbocycles. The number of hydrogen-bond donors (Lipinski definition) is 1. The van der Waals surface area contributed by atoms with Gasteiger partial charge in [-0.3, -0.25) is 9.69 Å². The van der Waals surface area contributed by atoms with Gasteiger partial charge in [-0.1, -0.05) is 42.5 Å². The van der Waals surface area contributed by atoms with E-state index in [1.807, 2.05) is 6.07 Å². The molecule has 1 aliphatic rings. The largest absolute Gasteiger partial charge is 0.369 e. The number of carbonyl (C=O) groups is 1. The minimum absolute atomic E-state index is 0.181. The lowest BCUT2D eigenvalue weighted by atomic mass is 10.1. The van der Waals surface area contributed by atoms with Gasteiger partial charge in [-0.2, -0.15) is 0 Å². The van der Waals surface area contributed by atoms with E-state index >= 15 is 0 Å². The van der Waals surface area contributed by atoms with Crippen molar-refractivity contribution in [2.45, 2.75) is 32.6 Å². The standard InChI is InChI=1S/C24H33N3O/c1-21-8-5-12-23(20-21)27-18-16-26(17-19-27)15-7-14-25-24(28)13-6-11-22-9-3-2-4-10-22/h2-5,8-10,12,20H,6-7,11,13-19H2,1H3,(H,25,28). The normalized spacial score (nSPS) is 14.8. The minimum atomic E-state index is 0.181. The number of carbonyl (C=O) groups excluding carboxylic acids is 1. The second-order valence-electron chi connectivity index (χ2n) is 7.71. The Morgan fingerprint density at radius 3 is 2.50 bits per heavy atom. The van der Waals surface area contributed by atoms with Crippen molar-refractivity contribution in [2.24, 2.45) is 0 Å². The third-order valence-electron chi connectivity index (χ3n) is 5.42. The van der Waals surface area contributed by atoms with Crippen LogP contribution >= 0.6 is 0 Å². The molecule has 1 N–H and O–H groups in total. The van der Waals surface area contributed by atoms with Crippen molar-refractivity contribution >= 4 is 11.6 Å². The molecule has 0 saturated carbocycles. The van der Waals surface area contributed by atoms with Crippen LogP contribution in [0, 0.1) is 6.92 Å². The molecule has 0 bridgehead atoms. The van der Waals surface area contributed by atoms with Crippen LogP contribution in [-0.2, 0) is 11.2 Å².